The second-order valence-electron chi connectivity index (χ2n) is 4.14. The van der Waals surface area contributed by atoms with Crippen LogP contribution in [0.5, 0.6) is 5.75 Å². The van der Waals surface area contributed by atoms with Crippen LogP contribution in [0.2, 0.25) is 0 Å². The zero-order valence-electron chi connectivity index (χ0n) is 9.22. The van der Waals surface area contributed by atoms with E-state index in [-0.39, 0.29) is 5.75 Å². The predicted octanol–water partition coefficient (Wildman–Crippen LogP) is 2.65. The highest BCUT2D eigenvalue weighted by molar-refractivity contribution is 6.08. The second kappa shape index (κ2) is 3.63. The molecule has 0 saturated heterocycles. The quantitative estimate of drug-likeness (QED) is 0.578. The number of fused-ring (bicyclic) bond motifs is 1. The Morgan fingerprint density at radius 2 is 1.94 bits per heavy atom. The topological polar surface area (TPSA) is 58.6 Å². The Kier molecular flexibility index (Phi) is 2.11. The smallest absolute Gasteiger partial charge is 0.124 e. The van der Waals surface area contributed by atoms with E-state index >= 15 is 0 Å². The highest BCUT2D eigenvalue weighted by Crippen LogP contribution is 2.31. The minimum absolute atomic E-state index is 0.228. The molecule has 0 unspecified atom stereocenters. The van der Waals surface area contributed by atoms with Crippen molar-refractivity contribution >= 4 is 17.1 Å². The third-order valence-electron chi connectivity index (χ3n) is 2.94. The Labute approximate surface area is 99.2 Å². The van der Waals surface area contributed by atoms with Crippen molar-refractivity contribution in [2.75, 3.05) is 5.73 Å². The van der Waals surface area contributed by atoms with Crippen molar-refractivity contribution in [1.82, 2.24) is 0 Å². The van der Waals surface area contributed by atoms with E-state index in [0.717, 1.165) is 23.4 Å². The highest BCUT2D eigenvalue weighted by Gasteiger charge is 2.17. The molecule has 0 amide bonds. The number of para-hydroxylation sites is 1. The molecule has 0 aromatic heterocycles. The normalized spacial score (nSPS) is 13.3. The Hall–Kier alpha value is -2.29. The van der Waals surface area contributed by atoms with Crippen LogP contribution in [-0.2, 0) is 6.42 Å². The molecule has 2 aromatic rings. The average molecular weight is 224 g/mol. The van der Waals surface area contributed by atoms with Gasteiger partial charge >= 0.3 is 0 Å². The van der Waals surface area contributed by atoms with Crippen molar-refractivity contribution in [3.8, 4) is 5.75 Å². The maximum absolute atomic E-state index is 9.84. The van der Waals surface area contributed by atoms with Crippen molar-refractivity contribution in [1.29, 1.82) is 0 Å². The maximum atomic E-state index is 9.84. The molecule has 84 valence electrons. The van der Waals surface area contributed by atoms with Gasteiger partial charge < -0.3 is 10.8 Å². The number of phenolic OH excluding ortho intramolecular Hbond substituents is 1. The molecule has 3 nitrogen and oxygen atoms in total. The fourth-order valence-electron chi connectivity index (χ4n) is 2.07. The van der Waals surface area contributed by atoms with Crippen LogP contribution in [0.15, 0.2) is 47.5 Å². The fraction of sp³-hybridized carbons (Fsp3) is 0.0714. The SMILES string of the molecule is Nc1ccc(O)c(C2=Nc3ccccc3C2)c1. The Morgan fingerprint density at radius 3 is 2.76 bits per heavy atom. The number of anilines is 1. The van der Waals surface area contributed by atoms with E-state index in [1.807, 2.05) is 18.2 Å². The molecule has 1 aliphatic heterocycles. The minimum atomic E-state index is 0.228. The third kappa shape index (κ3) is 1.65. The molecule has 3 rings (SSSR count). The Balaban J connectivity index is 2.06. The molecule has 0 aliphatic carbocycles. The second-order valence-corrected chi connectivity index (χ2v) is 4.14. The lowest BCUT2D eigenvalue weighted by Gasteiger charge is -2.04. The van der Waals surface area contributed by atoms with Gasteiger partial charge in [0.05, 0.1) is 11.4 Å². The van der Waals surface area contributed by atoms with E-state index in [1.54, 1.807) is 18.2 Å². The zero-order valence-corrected chi connectivity index (χ0v) is 9.22. The van der Waals surface area contributed by atoms with Crippen LogP contribution in [-0.4, -0.2) is 10.8 Å². The molecule has 1 aliphatic rings. The van der Waals surface area contributed by atoms with Gasteiger partial charge in [-0.05, 0) is 29.8 Å². The highest BCUT2D eigenvalue weighted by atomic mass is 16.3. The molecular formula is C14H12N2O. The molecule has 3 heteroatoms. The van der Waals surface area contributed by atoms with E-state index in [4.69, 9.17) is 5.73 Å². The van der Waals surface area contributed by atoms with Crippen LogP contribution in [0, 0.1) is 0 Å². The summed E-state index contributed by atoms with van der Waals surface area (Å²) in [6, 6.07) is 13.0. The Bertz CT molecular complexity index is 617. The van der Waals surface area contributed by atoms with Crippen molar-refractivity contribution in [2.24, 2.45) is 4.99 Å². The lowest BCUT2D eigenvalue weighted by molar-refractivity contribution is 0.474. The molecule has 17 heavy (non-hydrogen) atoms. The molecular weight excluding hydrogens is 212 g/mol. The number of benzene rings is 2. The molecule has 0 atom stereocenters. The summed E-state index contributed by atoms with van der Waals surface area (Å²) in [5.74, 6) is 0.228. The molecule has 0 fully saturated rings. The van der Waals surface area contributed by atoms with E-state index in [2.05, 4.69) is 11.1 Å². The van der Waals surface area contributed by atoms with E-state index in [0.29, 0.717) is 5.69 Å². The van der Waals surface area contributed by atoms with E-state index < -0.39 is 0 Å². The number of aliphatic imine (C=N–C) groups is 1. The van der Waals surface area contributed by atoms with Crippen LogP contribution in [0.25, 0.3) is 0 Å². The van der Waals surface area contributed by atoms with Crippen LogP contribution in [0.4, 0.5) is 11.4 Å². The predicted molar refractivity (Wildman–Crippen MR) is 68.9 cm³/mol. The number of hydrogen-bond donors (Lipinski definition) is 2. The van der Waals surface area contributed by atoms with Crippen molar-refractivity contribution in [3.63, 3.8) is 0 Å². The summed E-state index contributed by atoms with van der Waals surface area (Å²) in [5.41, 5.74) is 10.1. The average Bonchev–Trinajstić information content (AvgIpc) is 2.75. The van der Waals surface area contributed by atoms with Crippen molar-refractivity contribution in [2.45, 2.75) is 6.42 Å². The summed E-state index contributed by atoms with van der Waals surface area (Å²) < 4.78 is 0. The van der Waals surface area contributed by atoms with Gasteiger partial charge in [-0.1, -0.05) is 18.2 Å². The lowest BCUT2D eigenvalue weighted by atomic mass is 10.0. The van der Waals surface area contributed by atoms with Crippen LogP contribution >= 0.6 is 0 Å². The summed E-state index contributed by atoms with van der Waals surface area (Å²) in [6.07, 6.45) is 0.743. The monoisotopic (exact) mass is 224 g/mol. The van der Waals surface area contributed by atoms with Gasteiger partial charge in [0.1, 0.15) is 5.75 Å². The number of aromatic hydroxyl groups is 1. The van der Waals surface area contributed by atoms with Gasteiger partial charge in [-0.15, -0.1) is 0 Å². The van der Waals surface area contributed by atoms with Gasteiger partial charge in [0.25, 0.3) is 0 Å². The number of nitrogen functional groups attached to an aromatic ring is 1. The summed E-state index contributed by atoms with van der Waals surface area (Å²) >= 11 is 0. The molecule has 0 saturated carbocycles. The number of rotatable bonds is 1. The molecule has 0 bridgehead atoms. The molecule has 1 heterocycles. The zero-order chi connectivity index (χ0) is 11.8. The van der Waals surface area contributed by atoms with Gasteiger partial charge in [-0.3, -0.25) is 4.99 Å². The Morgan fingerprint density at radius 1 is 1.12 bits per heavy atom. The first kappa shape index (κ1) is 9.90. The van der Waals surface area contributed by atoms with Crippen molar-refractivity contribution < 1.29 is 5.11 Å². The summed E-state index contributed by atoms with van der Waals surface area (Å²) in [6.45, 7) is 0. The number of hydrogen-bond acceptors (Lipinski definition) is 3. The van der Waals surface area contributed by atoms with Gasteiger partial charge in [0, 0.05) is 17.7 Å². The molecule has 0 spiro atoms. The fourth-order valence-corrected chi connectivity index (χ4v) is 2.07. The first-order valence-electron chi connectivity index (χ1n) is 5.48. The minimum Gasteiger partial charge on any atom is -0.507 e. The molecule has 0 radical (unpaired) electrons. The van der Waals surface area contributed by atoms with Gasteiger partial charge in [-0.25, -0.2) is 0 Å². The summed E-state index contributed by atoms with van der Waals surface area (Å²) in [5, 5.41) is 9.84. The van der Waals surface area contributed by atoms with Crippen LogP contribution in [0.3, 0.4) is 0 Å². The van der Waals surface area contributed by atoms with Crippen LogP contribution in [0.1, 0.15) is 11.1 Å². The number of nitrogens with two attached hydrogens (primary N) is 1. The molecule has 2 aromatic carbocycles. The summed E-state index contributed by atoms with van der Waals surface area (Å²) in [7, 11) is 0. The van der Waals surface area contributed by atoms with E-state index in [9.17, 15) is 5.11 Å². The van der Waals surface area contributed by atoms with Gasteiger partial charge in [-0.2, -0.15) is 0 Å². The lowest BCUT2D eigenvalue weighted by Crippen LogP contribution is -2.01. The van der Waals surface area contributed by atoms with Gasteiger partial charge in [0.15, 0.2) is 0 Å². The largest absolute Gasteiger partial charge is 0.507 e. The maximum Gasteiger partial charge on any atom is 0.124 e. The first-order valence-corrected chi connectivity index (χ1v) is 5.48. The standard InChI is InChI=1S/C14H12N2O/c15-10-5-6-14(17)11(8-10)13-7-9-3-1-2-4-12(9)16-13/h1-6,8,17H,7,15H2. The summed E-state index contributed by atoms with van der Waals surface area (Å²) in [4.78, 5) is 4.52. The first-order chi connectivity index (χ1) is 8.24. The van der Waals surface area contributed by atoms with Crippen LogP contribution < -0.4 is 5.73 Å². The van der Waals surface area contributed by atoms with Gasteiger partial charge in [0.2, 0.25) is 0 Å². The number of phenols is 1. The number of nitrogens with zero attached hydrogens (tertiary/aromatic N) is 1. The van der Waals surface area contributed by atoms with E-state index in [1.165, 1.54) is 5.56 Å². The molecule has 3 N–H and O–H groups in total. The van der Waals surface area contributed by atoms with Crippen molar-refractivity contribution in [3.05, 3.63) is 53.6 Å². The third-order valence-corrected chi connectivity index (χ3v) is 2.94.